The topological polar surface area (TPSA) is 84.8 Å². The Hall–Kier alpha value is -2.41. The normalized spacial score (nSPS) is 17.1. The zero-order chi connectivity index (χ0) is 15.5. The average Bonchev–Trinajstić information content (AvgIpc) is 3.19. The van der Waals surface area contributed by atoms with Gasteiger partial charge in [-0.05, 0) is 18.9 Å². The fourth-order valence-corrected chi connectivity index (χ4v) is 2.62. The zero-order valence-corrected chi connectivity index (χ0v) is 12.7. The third-order valence-corrected chi connectivity index (χ3v) is 3.71. The first kappa shape index (κ1) is 14.5. The van der Waals surface area contributed by atoms with E-state index in [1.165, 1.54) is 4.68 Å². The molecule has 0 radical (unpaired) electrons. The van der Waals surface area contributed by atoms with Crippen LogP contribution in [-0.4, -0.2) is 33.0 Å². The second kappa shape index (κ2) is 6.15. The third-order valence-electron chi connectivity index (χ3n) is 3.71. The Morgan fingerprint density at radius 1 is 1.55 bits per heavy atom. The number of H-pyrrole nitrogens is 1. The highest BCUT2D eigenvalue weighted by Crippen LogP contribution is 2.28. The van der Waals surface area contributed by atoms with E-state index in [2.05, 4.69) is 32.8 Å². The molecule has 0 bridgehead atoms. The van der Waals surface area contributed by atoms with E-state index in [4.69, 9.17) is 4.74 Å². The minimum absolute atomic E-state index is 0.239. The maximum absolute atomic E-state index is 12.3. The monoisotopic (exact) mass is 301 g/mol. The van der Waals surface area contributed by atoms with Crippen LogP contribution >= 0.6 is 0 Å². The smallest absolute Gasteiger partial charge is 0.275 e. The first-order valence-corrected chi connectivity index (χ1v) is 7.22. The van der Waals surface area contributed by atoms with Gasteiger partial charge in [0.15, 0.2) is 5.82 Å². The van der Waals surface area contributed by atoms with Gasteiger partial charge in [0.05, 0.1) is 12.3 Å². The van der Waals surface area contributed by atoms with Gasteiger partial charge in [-0.2, -0.15) is 10.2 Å². The van der Waals surface area contributed by atoms with Gasteiger partial charge in [0.2, 0.25) is 0 Å². The summed E-state index contributed by atoms with van der Waals surface area (Å²) in [5.41, 5.74) is 2.21. The van der Waals surface area contributed by atoms with E-state index < -0.39 is 0 Å². The summed E-state index contributed by atoms with van der Waals surface area (Å²) in [5.74, 6) is 0.648. The summed E-state index contributed by atoms with van der Waals surface area (Å²) >= 11 is 0. The molecule has 0 unspecified atom stereocenters. The zero-order valence-electron chi connectivity index (χ0n) is 12.7. The van der Waals surface area contributed by atoms with Crippen molar-refractivity contribution in [2.45, 2.75) is 25.4 Å². The molecule has 1 atom stereocenters. The molecule has 1 aliphatic carbocycles. The lowest BCUT2D eigenvalue weighted by atomic mass is 10.1. The second-order valence-electron chi connectivity index (χ2n) is 5.35. The molecule has 2 aromatic rings. The van der Waals surface area contributed by atoms with Crippen LogP contribution in [0.25, 0.3) is 0 Å². The number of carbonyl (C=O) groups excluding carboxylic acids is 1. The summed E-state index contributed by atoms with van der Waals surface area (Å²) in [7, 11) is 3.32. The molecule has 116 valence electrons. The van der Waals surface area contributed by atoms with Crippen molar-refractivity contribution in [3.8, 4) is 0 Å². The summed E-state index contributed by atoms with van der Waals surface area (Å²) in [4.78, 5) is 12.3. The van der Waals surface area contributed by atoms with Crippen molar-refractivity contribution < 1.29 is 9.53 Å². The van der Waals surface area contributed by atoms with Crippen LogP contribution in [0.15, 0.2) is 24.3 Å². The van der Waals surface area contributed by atoms with E-state index in [0.717, 1.165) is 18.5 Å². The predicted molar refractivity (Wildman–Crippen MR) is 81.6 cm³/mol. The lowest BCUT2D eigenvalue weighted by Gasteiger charge is -2.02. The molecule has 0 spiro atoms. The molecule has 2 aromatic heterocycles. The molecule has 1 amide bonds. The van der Waals surface area contributed by atoms with E-state index in [1.54, 1.807) is 20.2 Å². The molecule has 7 nitrogen and oxygen atoms in total. The Bertz CT molecular complexity index is 701. The molecule has 0 aromatic carbocycles. The van der Waals surface area contributed by atoms with Gasteiger partial charge in [0.25, 0.3) is 5.91 Å². The molecular weight excluding hydrogens is 282 g/mol. The summed E-state index contributed by atoms with van der Waals surface area (Å²) in [6, 6.07) is 3.59. The highest BCUT2D eigenvalue weighted by molar-refractivity contribution is 6.02. The summed E-state index contributed by atoms with van der Waals surface area (Å²) in [5, 5.41) is 14.2. The SMILES string of the molecule is COCc1cc(C(=O)Nc2cc([C@@H]3C=CCC3)[nH]n2)n(C)n1. The predicted octanol–water partition coefficient (Wildman–Crippen LogP) is 1.98. The average molecular weight is 301 g/mol. The van der Waals surface area contributed by atoms with Crippen LogP contribution in [0.5, 0.6) is 0 Å². The number of hydrogen-bond acceptors (Lipinski definition) is 4. The van der Waals surface area contributed by atoms with E-state index >= 15 is 0 Å². The molecule has 0 aliphatic heterocycles. The minimum atomic E-state index is -0.239. The Morgan fingerprint density at radius 2 is 2.41 bits per heavy atom. The van der Waals surface area contributed by atoms with Gasteiger partial charge in [0, 0.05) is 31.8 Å². The Balaban J connectivity index is 1.70. The molecular formula is C15H19N5O2. The number of amides is 1. The number of anilines is 1. The molecule has 1 aliphatic rings. The van der Waals surface area contributed by atoms with Crippen molar-refractivity contribution in [1.82, 2.24) is 20.0 Å². The number of aryl methyl sites for hydroxylation is 1. The summed E-state index contributed by atoms with van der Waals surface area (Å²) in [6.45, 7) is 0.377. The number of nitrogens with zero attached hydrogens (tertiary/aromatic N) is 3. The van der Waals surface area contributed by atoms with Crippen LogP contribution in [0.2, 0.25) is 0 Å². The van der Waals surface area contributed by atoms with Gasteiger partial charge in [-0.3, -0.25) is 14.6 Å². The Morgan fingerprint density at radius 3 is 3.14 bits per heavy atom. The van der Waals surface area contributed by atoms with Crippen molar-refractivity contribution in [1.29, 1.82) is 0 Å². The molecule has 7 heteroatoms. The largest absolute Gasteiger partial charge is 0.378 e. The van der Waals surface area contributed by atoms with Gasteiger partial charge >= 0.3 is 0 Å². The van der Waals surface area contributed by atoms with E-state index in [-0.39, 0.29) is 5.91 Å². The number of aromatic amines is 1. The van der Waals surface area contributed by atoms with Crippen LogP contribution in [0.1, 0.15) is 40.6 Å². The quantitative estimate of drug-likeness (QED) is 0.827. The number of aromatic nitrogens is 4. The maximum Gasteiger partial charge on any atom is 0.275 e. The van der Waals surface area contributed by atoms with Crippen molar-refractivity contribution in [2.24, 2.45) is 7.05 Å². The second-order valence-corrected chi connectivity index (χ2v) is 5.35. The lowest BCUT2D eigenvalue weighted by molar-refractivity contribution is 0.101. The first-order valence-electron chi connectivity index (χ1n) is 7.22. The summed E-state index contributed by atoms with van der Waals surface area (Å²) < 4.78 is 6.56. The fraction of sp³-hybridized carbons (Fsp3) is 0.400. The molecule has 0 saturated carbocycles. The van der Waals surface area contributed by atoms with Crippen molar-refractivity contribution in [3.05, 3.63) is 41.4 Å². The van der Waals surface area contributed by atoms with Crippen LogP contribution in [0.3, 0.4) is 0 Å². The number of hydrogen-bond donors (Lipinski definition) is 2. The molecule has 0 fully saturated rings. The molecule has 3 rings (SSSR count). The maximum atomic E-state index is 12.3. The fourth-order valence-electron chi connectivity index (χ4n) is 2.62. The van der Waals surface area contributed by atoms with Crippen molar-refractivity contribution >= 4 is 11.7 Å². The Kier molecular flexibility index (Phi) is 4.06. The standard InChI is InChI=1S/C15H19N5O2/c1-20-13(7-11(19-20)9-22-2)15(21)16-14-8-12(17-18-14)10-5-3-4-6-10/h3,5,7-8,10H,4,6,9H2,1-2H3,(H2,16,17,18,21)/t10-/m1/s1. The molecule has 0 saturated heterocycles. The van der Waals surface area contributed by atoms with Gasteiger partial charge in [-0.25, -0.2) is 0 Å². The van der Waals surface area contributed by atoms with Crippen molar-refractivity contribution in [3.63, 3.8) is 0 Å². The lowest BCUT2D eigenvalue weighted by Crippen LogP contribution is -2.16. The number of methoxy groups -OCH3 is 1. The van der Waals surface area contributed by atoms with E-state index in [1.807, 2.05) is 6.07 Å². The van der Waals surface area contributed by atoms with E-state index in [0.29, 0.717) is 29.7 Å². The summed E-state index contributed by atoms with van der Waals surface area (Å²) in [6.07, 6.45) is 6.49. The first-order chi connectivity index (χ1) is 10.7. The van der Waals surface area contributed by atoms with Crippen LogP contribution < -0.4 is 5.32 Å². The van der Waals surface area contributed by atoms with Crippen molar-refractivity contribution in [2.75, 3.05) is 12.4 Å². The number of ether oxygens (including phenoxy) is 1. The number of rotatable bonds is 5. The van der Waals surface area contributed by atoms with Gasteiger partial charge < -0.3 is 10.1 Å². The number of carbonyl (C=O) groups is 1. The third kappa shape index (κ3) is 2.94. The Labute approximate surface area is 128 Å². The minimum Gasteiger partial charge on any atom is -0.378 e. The van der Waals surface area contributed by atoms with Crippen LogP contribution in [-0.2, 0) is 18.4 Å². The number of nitrogens with one attached hydrogen (secondary N) is 2. The van der Waals surface area contributed by atoms with Gasteiger partial charge in [-0.1, -0.05) is 12.2 Å². The molecule has 22 heavy (non-hydrogen) atoms. The molecule has 2 heterocycles. The van der Waals surface area contributed by atoms with Gasteiger partial charge in [-0.15, -0.1) is 0 Å². The van der Waals surface area contributed by atoms with Crippen LogP contribution in [0, 0.1) is 0 Å². The highest BCUT2D eigenvalue weighted by Gasteiger charge is 2.17. The van der Waals surface area contributed by atoms with Gasteiger partial charge in [0.1, 0.15) is 5.69 Å². The highest BCUT2D eigenvalue weighted by atomic mass is 16.5. The van der Waals surface area contributed by atoms with E-state index in [9.17, 15) is 4.79 Å². The molecule has 2 N–H and O–H groups in total. The van der Waals surface area contributed by atoms with Crippen LogP contribution in [0.4, 0.5) is 5.82 Å². The number of allylic oxidation sites excluding steroid dienone is 2.